The van der Waals surface area contributed by atoms with Crippen molar-refractivity contribution in [2.45, 2.75) is 62.9 Å². The number of nitrogens with zero attached hydrogens (tertiary/aromatic N) is 7. The van der Waals surface area contributed by atoms with Crippen LogP contribution in [0.25, 0.3) is 22.4 Å². The molecule has 2 bridgehead atoms. The molecular weight excluding hydrogens is 606 g/mol. The van der Waals surface area contributed by atoms with Gasteiger partial charge in [-0.1, -0.05) is 0 Å². The van der Waals surface area contributed by atoms with E-state index in [1.54, 1.807) is 7.11 Å². The maximum atomic E-state index is 12.9. The van der Waals surface area contributed by atoms with Crippen LogP contribution in [0.5, 0.6) is 0 Å². The average molecular weight is 652 g/mol. The van der Waals surface area contributed by atoms with Crippen LogP contribution in [-0.4, -0.2) is 102 Å². The summed E-state index contributed by atoms with van der Waals surface area (Å²) in [6.07, 6.45) is 8.97. The SMILES string of the molecule is CO[C@H]1CC[C@H](n2ncc3c(N4CC5CCC(C4)O5)nc(-c4ccc(NC(=O)Nc5ccc(N6CCN(C)CC6)cc5)cc4)nc32)CC1. The van der Waals surface area contributed by atoms with Gasteiger partial charge in [0.2, 0.25) is 0 Å². The molecule has 2 aromatic carbocycles. The van der Waals surface area contributed by atoms with Gasteiger partial charge in [-0.15, -0.1) is 0 Å². The third-order valence-corrected chi connectivity index (χ3v) is 10.5. The molecule has 0 spiro atoms. The number of hydrogen-bond acceptors (Lipinski definition) is 9. The van der Waals surface area contributed by atoms with Crippen LogP contribution >= 0.6 is 0 Å². The highest BCUT2D eigenvalue weighted by Gasteiger charge is 2.36. The number of fused-ring (bicyclic) bond motifs is 3. The Bertz CT molecular complexity index is 1720. The lowest BCUT2D eigenvalue weighted by atomic mass is 9.93. The zero-order valence-electron chi connectivity index (χ0n) is 27.8. The zero-order chi connectivity index (χ0) is 32.6. The molecule has 3 saturated heterocycles. The van der Waals surface area contributed by atoms with E-state index in [-0.39, 0.29) is 24.3 Å². The lowest BCUT2D eigenvalue weighted by molar-refractivity contribution is 0.0303. The van der Waals surface area contributed by atoms with Gasteiger partial charge in [0, 0.05) is 69.0 Å². The number of piperazine rings is 1. The molecule has 3 aliphatic heterocycles. The normalized spacial score (nSPS) is 24.6. The fourth-order valence-corrected chi connectivity index (χ4v) is 7.68. The van der Waals surface area contributed by atoms with Gasteiger partial charge in [-0.05, 0) is 94.1 Å². The van der Waals surface area contributed by atoms with Crippen LogP contribution in [0, 0.1) is 0 Å². The topological polar surface area (TPSA) is 113 Å². The van der Waals surface area contributed by atoms with Crippen LogP contribution in [0.4, 0.5) is 27.7 Å². The Morgan fingerprint density at radius 3 is 2.10 bits per heavy atom. The van der Waals surface area contributed by atoms with Crippen LogP contribution in [0.2, 0.25) is 0 Å². The summed E-state index contributed by atoms with van der Waals surface area (Å²) in [6.45, 7) is 5.77. The molecule has 12 heteroatoms. The van der Waals surface area contributed by atoms with Crippen molar-refractivity contribution in [2.75, 3.05) is 73.9 Å². The molecule has 1 saturated carbocycles. The number of urea groups is 1. The average Bonchev–Trinajstić information content (AvgIpc) is 3.70. The van der Waals surface area contributed by atoms with Crippen LogP contribution < -0.4 is 20.4 Å². The van der Waals surface area contributed by atoms with Crippen molar-refractivity contribution in [3.63, 3.8) is 0 Å². The number of hydrogen-bond donors (Lipinski definition) is 2. The van der Waals surface area contributed by atoms with Crippen LogP contribution in [0.15, 0.2) is 54.7 Å². The largest absolute Gasteiger partial charge is 0.381 e. The van der Waals surface area contributed by atoms with E-state index in [1.165, 1.54) is 5.69 Å². The zero-order valence-corrected chi connectivity index (χ0v) is 27.8. The number of amides is 2. The number of carbonyl (C=O) groups excluding carboxylic acids is 1. The van der Waals surface area contributed by atoms with Gasteiger partial charge in [-0.2, -0.15) is 5.10 Å². The maximum absolute atomic E-state index is 12.9. The van der Waals surface area contributed by atoms with E-state index in [1.807, 2.05) is 42.6 Å². The second-order valence-electron chi connectivity index (χ2n) is 13.7. The first-order valence-electron chi connectivity index (χ1n) is 17.4. The molecular formula is C36H45N9O3. The second-order valence-corrected chi connectivity index (χ2v) is 13.7. The Labute approximate surface area is 281 Å². The van der Waals surface area contributed by atoms with Crippen molar-refractivity contribution in [1.82, 2.24) is 24.6 Å². The van der Waals surface area contributed by atoms with Gasteiger partial charge >= 0.3 is 6.03 Å². The van der Waals surface area contributed by atoms with Crippen molar-refractivity contribution in [2.24, 2.45) is 0 Å². The summed E-state index contributed by atoms with van der Waals surface area (Å²) in [6, 6.07) is 15.8. The van der Waals surface area contributed by atoms with E-state index < -0.39 is 0 Å². The van der Waals surface area contributed by atoms with Gasteiger partial charge in [-0.25, -0.2) is 19.4 Å². The first-order chi connectivity index (χ1) is 23.5. The Morgan fingerprint density at radius 1 is 0.812 bits per heavy atom. The quantitative estimate of drug-likeness (QED) is 0.272. The number of ether oxygens (including phenoxy) is 2. The minimum absolute atomic E-state index is 0.239. The molecule has 252 valence electrons. The van der Waals surface area contributed by atoms with Crippen molar-refractivity contribution in [3.05, 3.63) is 54.7 Å². The number of methoxy groups -OCH3 is 1. The van der Waals surface area contributed by atoms with Gasteiger partial charge in [0.05, 0.1) is 35.9 Å². The van der Waals surface area contributed by atoms with Gasteiger partial charge in [0.15, 0.2) is 11.5 Å². The summed E-state index contributed by atoms with van der Waals surface area (Å²) < 4.78 is 13.9. The summed E-state index contributed by atoms with van der Waals surface area (Å²) in [5.74, 6) is 1.58. The molecule has 2 atom stereocenters. The highest BCUT2D eigenvalue weighted by molar-refractivity contribution is 6.00. The van der Waals surface area contributed by atoms with E-state index in [0.29, 0.717) is 17.6 Å². The van der Waals surface area contributed by atoms with Gasteiger partial charge < -0.3 is 34.8 Å². The van der Waals surface area contributed by atoms with Crippen molar-refractivity contribution in [1.29, 1.82) is 0 Å². The van der Waals surface area contributed by atoms with Crippen LogP contribution in [0.1, 0.15) is 44.6 Å². The number of benzene rings is 2. The number of rotatable bonds is 7. The smallest absolute Gasteiger partial charge is 0.323 e. The number of morpholine rings is 1. The lowest BCUT2D eigenvalue weighted by Crippen LogP contribution is -2.44. The molecule has 2 N–H and O–H groups in total. The van der Waals surface area contributed by atoms with Gasteiger partial charge in [-0.3, -0.25) is 0 Å². The number of aromatic nitrogens is 4. The highest BCUT2D eigenvalue weighted by Crippen LogP contribution is 2.37. The summed E-state index contributed by atoms with van der Waals surface area (Å²) in [7, 11) is 3.96. The van der Waals surface area contributed by atoms with E-state index in [0.717, 1.165) is 106 Å². The van der Waals surface area contributed by atoms with Crippen LogP contribution in [-0.2, 0) is 9.47 Å². The molecule has 1 aliphatic carbocycles. The molecule has 0 radical (unpaired) electrons. The molecule has 8 rings (SSSR count). The molecule has 2 aromatic heterocycles. The minimum Gasteiger partial charge on any atom is -0.381 e. The Hall–Kier alpha value is -4.26. The number of carbonyl (C=O) groups is 1. The summed E-state index contributed by atoms with van der Waals surface area (Å²) in [5.41, 5.74) is 4.37. The fourth-order valence-electron chi connectivity index (χ4n) is 7.68. The molecule has 2 unspecified atom stereocenters. The highest BCUT2D eigenvalue weighted by atomic mass is 16.5. The molecule has 4 aliphatic rings. The molecule has 4 aromatic rings. The monoisotopic (exact) mass is 651 g/mol. The molecule has 5 heterocycles. The lowest BCUT2D eigenvalue weighted by Gasteiger charge is -2.34. The van der Waals surface area contributed by atoms with E-state index >= 15 is 0 Å². The van der Waals surface area contributed by atoms with E-state index in [9.17, 15) is 4.79 Å². The fraction of sp³-hybridized carbons (Fsp3) is 0.500. The van der Waals surface area contributed by atoms with Gasteiger partial charge in [0.25, 0.3) is 0 Å². The van der Waals surface area contributed by atoms with Crippen molar-refractivity contribution < 1.29 is 14.3 Å². The molecule has 48 heavy (non-hydrogen) atoms. The third-order valence-electron chi connectivity index (χ3n) is 10.5. The Kier molecular flexibility index (Phi) is 8.62. The van der Waals surface area contributed by atoms with Crippen molar-refractivity contribution >= 4 is 39.9 Å². The number of nitrogens with one attached hydrogen (secondary N) is 2. The first kappa shape index (κ1) is 31.0. The molecule has 2 amide bonds. The van der Waals surface area contributed by atoms with Crippen LogP contribution in [0.3, 0.4) is 0 Å². The molecule has 12 nitrogen and oxygen atoms in total. The Morgan fingerprint density at radius 2 is 1.46 bits per heavy atom. The van der Waals surface area contributed by atoms with Gasteiger partial charge in [0.1, 0.15) is 5.82 Å². The number of likely N-dealkylation sites (N-methyl/N-ethyl adjacent to an activating group) is 1. The summed E-state index contributed by atoms with van der Waals surface area (Å²) >= 11 is 0. The number of anilines is 4. The second kappa shape index (κ2) is 13.3. The molecule has 4 fully saturated rings. The maximum Gasteiger partial charge on any atom is 0.323 e. The Balaban J connectivity index is 0.997. The first-order valence-corrected chi connectivity index (χ1v) is 17.4. The van der Waals surface area contributed by atoms with E-state index in [2.05, 4.69) is 49.2 Å². The standard InChI is InChI=1S/C36H45N9O3/c1-42-17-19-43(20-18-42)27-9-7-26(8-10-27)39-36(46)38-25-5-3-24(4-6-25)33-40-34(44-22-30-15-16-31(23-44)48-30)32-21-37-45(35(32)41-33)28-11-13-29(47-2)14-12-28/h3-10,21,28-31H,11-20,22-23H2,1-2H3,(H2,38,39,46)/t28-,29-,30?,31?. The van der Waals surface area contributed by atoms with Crippen molar-refractivity contribution in [3.8, 4) is 11.4 Å². The van der Waals surface area contributed by atoms with E-state index in [4.69, 9.17) is 24.5 Å². The summed E-state index contributed by atoms with van der Waals surface area (Å²) in [5, 5.41) is 11.8. The predicted molar refractivity (Wildman–Crippen MR) is 188 cm³/mol. The summed E-state index contributed by atoms with van der Waals surface area (Å²) in [4.78, 5) is 30.2. The minimum atomic E-state index is -0.288. The third kappa shape index (κ3) is 6.44. The predicted octanol–water partition coefficient (Wildman–Crippen LogP) is 5.39.